The van der Waals surface area contributed by atoms with Crippen LogP contribution < -0.4 is 0 Å². The van der Waals surface area contributed by atoms with Gasteiger partial charge >= 0.3 is 5.97 Å². The van der Waals surface area contributed by atoms with Gasteiger partial charge in [0.2, 0.25) is 0 Å². The smallest absolute Gasteiger partial charge is 0.338 e. The van der Waals surface area contributed by atoms with Gasteiger partial charge in [-0.3, -0.25) is 4.90 Å². The van der Waals surface area contributed by atoms with E-state index in [2.05, 4.69) is 18.7 Å². The monoisotopic (exact) mass is 293 g/mol. The van der Waals surface area contributed by atoms with Gasteiger partial charge in [0, 0.05) is 18.6 Å². The Labute approximate surface area is 126 Å². The van der Waals surface area contributed by atoms with E-state index in [1.54, 1.807) is 0 Å². The van der Waals surface area contributed by atoms with Crippen LogP contribution >= 0.6 is 0 Å². The third-order valence-corrected chi connectivity index (χ3v) is 4.23. The second kappa shape index (κ2) is 7.03. The molecule has 0 amide bonds. The van der Waals surface area contributed by atoms with Crippen LogP contribution in [0.1, 0.15) is 50.4 Å². The third-order valence-electron chi connectivity index (χ3n) is 4.23. The second-order valence-electron chi connectivity index (χ2n) is 6.05. The predicted molar refractivity (Wildman–Crippen MR) is 80.8 cm³/mol. The molecule has 3 nitrogen and oxygen atoms in total. The van der Waals surface area contributed by atoms with Crippen molar-refractivity contribution in [3.63, 3.8) is 0 Å². The van der Waals surface area contributed by atoms with Crippen LogP contribution in [0.4, 0.5) is 4.39 Å². The lowest BCUT2D eigenvalue weighted by atomic mass is 9.97. The molecule has 1 heterocycles. The van der Waals surface area contributed by atoms with Crippen molar-refractivity contribution in [1.29, 1.82) is 0 Å². The first kappa shape index (κ1) is 16.0. The number of carbonyl (C=O) groups excluding carboxylic acids is 1. The van der Waals surface area contributed by atoms with E-state index in [9.17, 15) is 9.18 Å². The topological polar surface area (TPSA) is 29.5 Å². The number of hydrogen-bond acceptors (Lipinski definition) is 3. The Kier molecular flexibility index (Phi) is 5.34. The molecule has 0 bridgehead atoms. The minimum Gasteiger partial charge on any atom is -0.458 e. The van der Waals surface area contributed by atoms with Crippen molar-refractivity contribution >= 4 is 5.97 Å². The normalized spacial score (nSPS) is 24.6. The number of rotatable bonds is 4. The van der Waals surface area contributed by atoms with Gasteiger partial charge in [0.1, 0.15) is 11.9 Å². The Morgan fingerprint density at radius 1 is 1.29 bits per heavy atom. The van der Waals surface area contributed by atoms with Crippen LogP contribution in [0.25, 0.3) is 0 Å². The molecule has 0 saturated carbocycles. The average molecular weight is 293 g/mol. The first-order chi connectivity index (χ1) is 9.97. The Bertz CT molecular complexity index is 464. The van der Waals surface area contributed by atoms with Crippen LogP contribution in [0.15, 0.2) is 24.3 Å². The van der Waals surface area contributed by atoms with E-state index in [1.165, 1.54) is 43.5 Å². The Balaban J connectivity index is 1.90. The van der Waals surface area contributed by atoms with Crippen LogP contribution in [0.5, 0.6) is 0 Å². The molecule has 1 aliphatic rings. The average Bonchev–Trinajstić information content (AvgIpc) is 2.43. The summed E-state index contributed by atoms with van der Waals surface area (Å²) in [6, 6.07) is 6.51. The molecule has 0 aliphatic carbocycles. The molecule has 1 saturated heterocycles. The first-order valence-corrected chi connectivity index (χ1v) is 7.69. The lowest BCUT2D eigenvalue weighted by Crippen LogP contribution is -2.47. The Hall–Kier alpha value is -1.42. The number of piperidine rings is 1. The summed E-state index contributed by atoms with van der Waals surface area (Å²) in [6.45, 7) is 7.11. The molecule has 0 N–H and O–H groups in total. The minimum absolute atomic E-state index is 0.175. The molecule has 21 heavy (non-hydrogen) atoms. The maximum Gasteiger partial charge on any atom is 0.338 e. The molecular weight excluding hydrogens is 269 g/mol. The fourth-order valence-electron chi connectivity index (χ4n) is 3.01. The lowest BCUT2D eigenvalue weighted by molar-refractivity contribution is 0.00811. The Morgan fingerprint density at radius 2 is 1.86 bits per heavy atom. The fraction of sp³-hybridized carbons (Fsp3) is 0.588. The summed E-state index contributed by atoms with van der Waals surface area (Å²) in [5, 5.41) is 0. The van der Waals surface area contributed by atoms with E-state index in [1.807, 2.05) is 6.92 Å². The van der Waals surface area contributed by atoms with Gasteiger partial charge in [0.25, 0.3) is 0 Å². The zero-order valence-corrected chi connectivity index (χ0v) is 13.0. The molecular formula is C17H24FNO2. The van der Waals surface area contributed by atoms with E-state index >= 15 is 0 Å². The molecule has 0 radical (unpaired) electrons. The van der Waals surface area contributed by atoms with Crippen LogP contribution in [-0.4, -0.2) is 35.6 Å². The quantitative estimate of drug-likeness (QED) is 0.794. The molecule has 4 heteroatoms. The van der Waals surface area contributed by atoms with Gasteiger partial charge in [-0.25, -0.2) is 9.18 Å². The molecule has 116 valence electrons. The van der Waals surface area contributed by atoms with E-state index < -0.39 is 0 Å². The van der Waals surface area contributed by atoms with Crippen LogP contribution in [0.3, 0.4) is 0 Å². The van der Waals surface area contributed by atoms with Crippen molar-refractivity contribution in [3.05, 3.63) is 35.6 Å². The lowest BCUT2D eigenvalue weighted by Gasteiger charge is -2.40. The van der Waals surface area contributed by atoms with Gasteiger partial charge in [0.15, 0.2) is 0 Å². The van der Waals surface area contributed by atoms with Gasteiger partial charge < -0.3 is 4.74 Å². The number of halogens is 1. The number of ether oxygens (including phenoxy) is 1. The second-order valence-corrected chi connectivity index (χ2v) is 6.05. The Morgan fingerprint density at radius 3 is 2.43 bits per heavy atom. The maximum absolute atomic E-state index is 12.8. The molecule has 1 aromatic rings. The van der Waals surface area contributed by atoms with Crippen molar-refractivity contribution < 1.29 is 13.9 Å². The number of likely N-dealkylation sites (tertiary alicyclic amines) is 1. The number of benzene rings is 1. The largest absolute Gasteiger partial charge is 0.458 e. The van der Waals surface area contributed by atoms with Crippen molar-refractivity contribution in [1.82, 2.24) is 4.90 Å². The highest BCUT2D eigenvalue weighted by Crippen LogP contribution is 2.23. The summed E-state index contributed by atoms with van der Waals surface area (Å²) in [7, 11) is 0. The van der Waals surface area contributed by atoms with Crippen molar-refractivity contribution in [3.8, 4) is 0 Å². The molecule has 1 aliphatic heterocycles. The number of carbonyl (C=O) groups is 1. The molecule has 0 spiro atoms. The molecule has 1 fully saturated rings. The van der Waals surface area contributed by atoms with E-state index in [0.717, 1.165) is 6.54 Å². The van der Waals surface area contributed by atoms with Gasteiger partial charge in [0.05, 0.1) is 5.56 Å². The minimum atomic E-state index is -0.389. The summed E-state index contributed by atoms with van der Waals surface area (Å²) in [5.41, 5.74) is 0.392. The molecule has 2 rings (SSSR count). The summed E-state index contributed by atoms with van der Waals surface area (Å²) in [6.07, 6.45) is 3.49. The SMILES string of the molecule is C[C@@H](CN1[C@@H](C)CCC[C@@H]1C)OC(=O)c1ccc(F)cc1. The molecule has 0 unspecified atom stereocenters. The zero-order valence-electron chi connectivity index (χ0n) is 13.0. The summed E-state index contributed by atoms with van der Waals surface area (Å²) < 4.78 is 18.3. The number of esters is 1. The summed E-state index contributed by atoms with van der Waals surface area (Å²) in [4.78, 5) is 14.4. The summed E-state index contributed by atoms with van der Waals surface area (Å²) in [5.74, 6) is -0.740. The van der Waals surface area contributed by atoms with Crippen LogP contribution in [0.2, 0.25) is 0 Å². The number of hydrogen-bond donors (Lipinski definition) is 0. The van der Waals surface area contributed by atoms with Crippen molar-refractivity contribution in [2.75, 3.05) is 6.54 Å². The van der Waals surface area contributed by atoms with E-state index in [-0.39, 0.29) is 17.9 Å². The molecule has 0 aromatic heterocycles. The zero-order chi connectivity index (χ0) is 15.4. The highest BCUT2D eigenvalue weighted by atomic mass is 19.1. The molecule has 3 atom stereocenters. The van der Waals surface area contributed by atoms with E-state index in [4.69, 9.17) is 4.74 Å². The number of nitrogens with zero attached hydrogens (tertiary/aromatic N) is 1. The predicted octanol–water partition coefficient (Wildman–Crippen LogP) is 3.63. The maximum atomic E-state index is 12.8. The van der Waals surface area contributed by atoms with Gasteiger partial charge in [-0.05, 0) is 57.9 Å². The first-order valence-electron chi connectivity index (χ1n) is 7.69. The van der Waals surface area contributed by atoms with Gasteiger partial charge in [-0.2, -0.15) is 0 Å². The third kappa shape index (κ3) is 4.27. The van der Waals surface area contributed by atoms with Gasteiger partial charge in [-0.15, -0.1) is 0 Å². The van der Waals surface area contributed by atoms with Crippen LogP contribution in [-0.2, 0) is 4.74 Å². The standard InChI is InChI=1S/C17H24FNO2/c1-12-5-4-6-13(2)19(12)11-14(3)21-17(20)15-7-9-16(18)10-8-15/h7-10,12-14H,4-6,11H2,1-3H3/t12-,13-,14-/m0/s1. The van der Waals surface area contributed by atoms with Crippen LogP contribution in [0, 0.1) is 5.82 Å². The highest BCUT2D eigenvalue weighted by molar-refractivity contribution is 5.89. The summed E-state index contributed by atoms with van der Waals surface area (Å²) >= 11 is 0. The van der Waals surface area contributed by atoms with Gasteiger partial charge in [-0.1, -0.05) is 6.42 Å². The van der Waals surface area contributed by atoms with Crippen molar-refractivity contribution in [2.24, 2.45) is 0 Å². The van der Waals surface area contributed by atoms with E-state index in [0.29, 0.717) is 17.6 Å². The van der Waals surface area contributed by atoms with Crippen molar-refractivity contribution in [2.45, 2.75) is 58.2 Å². The fourth-order valence-corrected chi connectivity index (χ4v) is 3.01. The highest BCUT2D eigenvalue weighted by Gasteiger charge is 2.26. The molecule has 1 aromatic carbocycles.